The summed E-state index contributed by atoms with van der Waals surface area (Å²) in [5.74, 6) is 1.52. The van der Waals surface area contributed by atoms with Crippen molar-refractivity contribution in [2.45, 2.75) is 63.7 Å². The Labute approximate surface area is 201 Å². The highest BCUT2D eigenvalue weighted by Crippen LogP contribution is 2.27. The number of unbranched alkanes of at least 4 members (excludes halogenated alkanes) is 1. The van der Waals surface area contributed by atoms with Gasteiger partial charge in [0.2, 0.25) is 0 Å². The van der Waals surface area contributed by atoms with Gasteiger partial charge < -0.3 is 38.6 Å². The van der Waals surface area contributed by atoms with Crippen LogP contribution in [0.2, 0.25) is 0 Å². The van der Waals surface area contributed by atoms with Gasteiger partial charge in [0.05, 0.1) is 34.0 Å². The Bertz CT molecular complexity index is 826. The van der Waals surface area contributed by atoms with E-state index in [2.05, 4.69) is 6.92 Å². The summed E-state index contributed by atoms with van der Waals surface area (Å²) in [6, 6.07) is 15.0. The first kappa shape index (κ1) is 26.4. The minimum absolute atomic E-state index is 0.0916. The molecule has 1 saturated heterocycles. The highest BCUT2D eigenvalue weighted by molar-refractivity contribution is 5.27. The average Bonchev–Trinajstić information content (AvgIpc) is 2.87. The predicted molar refractivity (Wildman–Crippen MR) is 126 cm³/mol. The molecule has 1 fully saturated rings. The van der Waals surface area contributed by atoms with E-state index in [1.807, 2.05) is 48.5 Å². The molecule has 2 N–H and O–H groups in total. The largest absolute Gasteiger partial charge is 0.497 e. The van der Waals surface area contributed by atoms with Gasteiger partial charge >= 0.3 is 0 Å². The zero-order chi connectivity index (χ0) is 24.3. The highest BCUT2D eigenvalue weighted by Gasteiger charge is 2.46. The molecule has 0 bridgehead atoms. The third-order valence-corrected chi connectivity index (χ3v) is 5.76. The second-order valence-corrected chi connectivity index (χ2v) is 8.23. The number of rotatable bonds is 13. The molecule has 5 unspecified atom stereocenters. The van der Waals surface area contributed by atoms with Crippen LogP contribution in [0, 0.1) is 0 Å². The van der Waals surface area contributed by atoms with E-state index in [1.165, 1.54) is 0 Å². The molecule has 1 aliphatic rings. The van der Waals surface area contributed by atoms with Crippen molar-refractivity contribution in [2.24, 2.45) is 0 Å². The predicted octanol–water partition coefficient (Wildman–Crippen LogP) is 3.07. The summed E-state index contributed by atoms with van der Waals surface area (Å²) >= 11 is 0. The Morgan fingerprint density at radius 1 is 0.794 bits per heavy atom. The van der Waals surface area contributed by atoms with Crippen molar-refractivity contribution in [1.29, 1.82) is 0 Å². The van der Waals surface area contributed by atoms with Crippen molar-refractivity contribution in [3.63, 3.8) is 0 Å². The maximum atomic E-state index is 11.0. The molecular formula is C26H36O8. The average molecular weight is 477 g/mol. The number of methoxy groups -OCH3 is 2. The van der Waals surface area contributed by atoms with Gasteiger partial charge in [-0.3, -0.25) is 0 Å². The Morgan fingerprint density at radius 2 is 1.38 bits per heavy atom. The molecule has 0 spiro atoms. The number of aliphatic hydroxyl groups is 2. The van der Waals surface area contributed by atoms with Gasteiger partial charge in [0.25, 0.3) is 0 Å². The molecule has 0 aromatic heterocycles. The number of hydrogen-bond acceptors (Lipinski definition) is 8. The fourth-order valence-corrected chi connectivity index (χ4v) is 3.71. The highest BCUT2D eigenvalue weighted by atomic mass is 16.7. The summed E-state index contributed by atoms with van der Waals surface area (Å²) in [6.45, 7) is 3.16. The Balaban J connectivity index is 1.61. The van der Waals surface area contributed by atoms with E-state index in [4.69, 9.17) is 28.4 Å². The first-order chi connectivity index (χ1) is 16.5. The van der Waals surface area contributed by atoms with Gasteiger partial charge in [0.1, 0.15) is 35.9 Å². The van der Waals surface area contributed by atoms with Crippen LogP contribution in [0.4, 0.5) is 0 Å². The van der Waals surface area contributed by atoms with Gasteiger partial charge in [-0.05, 0) is 41.8 Å². The van der Waals surface area contributed by atoms with Gasteiger partial charge in [-0.25, -0.2) is 0 Å². The fraction of sp³-hybridized carbons (Fsp3) is 0.538. The third-order valence-electron chi connectivity index (χ3n) is 5.76. The van der Waals surface area contributed by atoms with Gasteiger partial charge in [-0.2, -0.15) is 0 Å². The maximum Gasteiger partial charge on any atom is 0.184 e. The molecular weight excluding hydrogens is 440 g/mol. The van der Waals surface area contributed by atoms with Crippen LogP contribution in [0.1, 0.15) is 30.9 Å². The topological polar surface area (TPSA) is 95.8 Å². The molecule has 0 aliphatic carbocycles. The van der Waals surface area contributed by atoms with Crippen molar-refractivity contribution in [3.8, 4) is 11.5 Å². The second-order valence-electron chi connectivity index (χ2n) is 8.23. The van der Waals surface area contributed by atoms with E-state index in [-0.39, 0.29) is 13.2 Å². The Kier molecular flexibility index (Phi) is 10.6. The van der Waals surface area contributed by atoms with Crippen LogP contribution in [0.3, 0.4) is 0 Å². The lowest BCUT2D eigenvalue weighted by molar-refractivity contribution is -0.307. The SMILES string of the molecule is CCCCOC1C(O)OC(COCc2ccc(OC)cc2)C(O)C1OCc1ccc(OC)cc1. The normalized spacial score (nSPS) is 24.7. The summed E-state index contributed by atoms with van der Waals surface area (Å²) in [5.41, 5.74) is 1.87. The van der Waals surface area contributed by atoms with Crippen LogP contribution in [0.5, 0.6) is 11.5 Å². The molecule has 0 saturated carbocycles. The van der Waals surface area contributed by atoms with E-state index >= 15 is 0 Å². The maximum absolute atomic E-state index is 11.0. The Hall–Kier alpha value is -2.20. The second kappa shape index (κ2) is 13.6. The molecule has 1 heterocycles. The summed E-state index contributed by atoms with van der Waals surface area (Å²) in [7, 11) is 3.23. The fourth-order valence-electron chi connectivity index (χ4n) is 3.71. The van der Waals surface area contributed by atoms with Gasteiger partial charge in [-0.15, -0.1) is 0 Å². The Morgan fingerprint density at radius 3 is 1.94 bits per heavy atom. The number of ether oxygens (including phenoxy) is 6. The van der Waals surface area contributed by atoms with Crippen molar-refractivity contribution in [2.75, 3.05) is 27.4 Å². The van der Waals surface area contributed by atoms with Crippen molar-refractivity contribution < 1.29 is 38.6 Å². The lowest BCUT2D eigenvalue weighted by Crippen LogP contribution is -2.60. The van der Waals surface area contributed by atoms with Crippen molar-refractivity contribution in [1.82, 2.24) is 0 Å². The monoisotopic (exact) mass is 476 g/mol. The van der Waals surface area contributed by atoms with E-state index in [9.17, 15) is 10.2 Å². The number of benzene rings is 2. The molecule has 3 rings (SSSR count). The zero-order valence-corrected chi connectivity index (χ0v) is 20.1. The van der Waals surface area contributed by atoms with Crippen LogP contribution >= 0.6 is 0 Å². The summed E-state index contributed by atoms with van der Waals surface area (Å²) in [4.78, 5) is 0. The third kappa shape index (κ3) is 7.40. The number of aliphatic hydroxyl groups excluding tert-OH is 2. The van der Waals surface area contributed by atoms with Gasteiger partial charge in [0.15, 0.2) is 6.29 Å². The van der Waals surface area contributed by atoms with E-state index in [1.54, 1.807) is 14.2 Å². The molecule has 8 heteroatoms. The first-order valence-electron chi connectivity index (χ1n) is 11.6. The van der Waals surface area contributed by atoms with Crippen LogP contribution < -0.4 is 9.47 Å². The van der Waals surface area contributed by atoms with Crippen molar-refractivity contribution in [3.05, 3.63) is 59.7 Å². The van der Waals surface area contributed by atoms with Gasteiger partial charge in [0, 0.05) is 6.61 Å². The minimum atomic E-state index is -1.24. The number of hydrogen-bond donors (Lipinski definition) is 2. The minimum Gasteiger partial charge on any atom is -0.497 e. The molecule has 188 valence electrons. The van der Waals surface area contributed by atoms with Crippen LogP contribution in [0.15, 0.2) is 48.5 Å². The summed E-state index contributed by atoms with van der Waals surface area (Å²) in [5, 5.41) is 21.7. The molecule has 2 aromatic rings. The smallest absolute Gasteiger partial charge is 0.184 e. The van der Waals surface area contributed by atoms with Crippen molar-refractivity contribution >= 4 is 0 Å². The summed E-state index contributed by atoms with van der Waals surface area (Å²) in [6.07, 6.45) is -2.85. The molecule has 0 amide bonds. The molecule has 0 radical (unpaired) electrons. The van der Waals surface area contributed by atoms with E-state index < -0.39 is 30.7 Å². The molecule has 5 atom stereocenters. The van der Waals surface area contributed by atoms with Crippen LogP contribution in [-0.2, 0) is 32.2 Å². The van der Waals surface area contributed by atoms with Gasteiger partial charge in [-0.1, -0.05) is 37.6 Å². The van der Waals surface area contributed by atoms with E-state index in [0.717, 1.165) is 35.5 Å². The van der Waals surface area contributed by atoms with E-state index in [0.29, 0.717) is 13.2 Å². The lowest BCUT2D eigenvalue weighted by Gasteiger charge is -2.42. The molecule has 1 aliphatic heterocycles. The first-order valence-corrected chi connectivity index (χ1v) is 11.6. The zero-order valence-electron chi connectivity index (χ0n) is 20.1. The quantitative estimate of drug-likeness (QED) is 0.426. The molecule has 34 heavy (non-hydrogen) atoms. The molecule has 2 aromatic carbocycles. The van der Waals surface area contributed by atoms with Crippen LogP contribution in [-0.4, -0.2) is 68.4 Å². The van der Waals surface area contributed by atoms with Crippen LogP contribution in [0.25, 0.3) is 0 Å². The molecule has 8 nitrogen and oxygen atoms in total. The summed E-state index contributed by atoms with van der Waals surface area (Å²) < 4.78 is 33.7. The standard InChI is InChI=1S/C26H36O8/c1-4-5-14-32-25-24(33-16-19-8-12-21(30-3)13-9-19)23(27)22(34-26(25)28)17-31-15-18-6-10-20(29-2)11-7-18/h6-13,22-28H,4-5,14-17H2,1-3H3. The lowest BCUT2D eigenvalue weighted by atomic mass is 9.98.